The van der Waals surface area contributed by atoms with Gasteiger partial charge in [-0.25, -0.2) is 0 Å². The Labute approximate surface area is 117 Å². The van der Waals surface area contributed by atoms with Crippen molar-refractivity contribution in [1.82, 2.24) is 0 Å². The van der Waals surface area contributed by atoms with E-state index >= 15 is 0 Å². The first-order valence-electron chi connectivity index (χ1n) is 7.96. The van der Waals surface area contributed by atoms with Crippen LogP contribution < -0.4 is 0 Å². The van der Waals surface area contributed by atoms with Gasteiger partial charge < -0.3 is 9.47 Å². The van der Waals surface area contributed by atoms with Crippen LogP contribution in [0.4, 0.5) is 0 Å². The lowest BCUT2D eigenvalue weighted by Gasteiger charge is -2.37. The van der Waals surface area contributed by atoms with Crippen LogP contribution in [0.15, 0.2) is 0 Å². The number of Topliss-reactive ketones (excluding diaryl/α,β-unsaturated/α-hetero) is 1. The molecule has 0 aromatic rings. The van der Waals surface area contributed by atoms with E-state index in [-0.39, 0.29) is 17.4 Å². The second-order valence-electron chi connectivity index (χ2n) is 6.20. The van der Waals surface area contributed by atoms with E-state index in [1.807, 2.05) is 0 Å². The fourth-order valence-electron chi connectivity index (χ4n) is 3.59. The number of ketones is 1. The number of ether oxygens (including phenoxy) is 2. The van der Waals surface area contributed by atoms with Gasteiger partial charge >= 0.3 is 0 Å². The maximum Gasteiger partial charge on any atom is 0.139 e. The molecular weight excluding hydrogens is 240 g/mol. The molecule has 0 aliphatic carbocycles. The summed E-state index contributed by atoms with van der Waals surface area (Å²) in [5.41, 5.74) is -0.137. The summed E-state index contributed by atoms with van der Waals surface area (Å²) in [7, 11) is 0. The topological polar surface area (TPSA) is 35.5 Å². The summed E-state index contributed by atoms with van der Waals surface area (Å²) in [4.78, 5) is 12.7. The molecule has 0 saturated carbocycles. The van der Waals surface area contributed by atoms with Gasteiger partial charge in [-0.05, 0) is 25.7 Å². The molecular formula is C16H28O3. The molecule has 0 bridgehead atoms. The highest BCUT2D eigenvalue weighted by atomic mass is 16.6. The van der Waals surface area contributed by atoms with Crippen molar-refractivity contribution >= 4 is 5.78 Å². The Morgan fingerprint density at radius 2 is 2.00 bits per heavy atom. The Balaban J connectivity index is 1.97. The summed E-state index contributed by atoms with van der Waals surface area (Å²) in [5.74, 6) is 0.981. The second-order valence-corrected chi connectivity index (χ2v) is 6.20. The maximum atomic E-state index is 12.7. The van der Waals surface area contributed by atoms with Gasteiger partial charge in [0.15, 0.2) is 0 Å². The van der Waals surface area contributed by atoms with Crippen LogP contribution in [0.25, 0.3) is 0 Å². The molecule has 2 unspecified atom stereocenters. The van der Waals surface area contributed by atoms with Crippen LogP contribution in [0.3, 0.4) is 0 Å². The average molecular weight is 268 g/mol. The summed E-state index contributed by atoms with van der Waals surface area (Å²) in [6, 6.07) is 0. The van der Waals surface area contributed by atoms with Crippen LogP contribution in [0.1, 0.15) is 58.8 Å². The van der Waals surface area contributed by atoms with Crippen molar-refractivity contribution in [3.05, 3.63) is 0 Å². The summed E-state index contributed by atoms with van der Waals surface area (Å²) in [6.45, 7) is 6.54. The SMILES string of the molecule is CCCC(CCC)C(=O)C1CCOC2(CCOC2)C1. The van der Waals surface area contributed by atoms with Gasteiger partial charge in [0.1, 0.15) is 5.78 Å². The lowest BCUT2D eigenvalue weighted by molar-refractivity contribution is -0.141. The molecule has 2 aliphatic rings. The van der Waals surface area contributed by atoms with Gasteiger partial charge in [0, 0.05) is 31.5 Å². The molecule has 2 atom stereocenters. The Kier molecular flexibility index (Phi) is 5.40. The minimum absolute atomic E-state index is 0.137. The van der Waals surface area contributed by atoms with Gasteiger partial charge in [-0.15, -0.1) is 0 Å². The molecule has 0 aromatic heterocycles. The van der Waals surface area contributed by atoms with Crippen molar-refractivity contribution in [2.75, 3.05) is 19.8 Å². The van der Waals surface area contributed by atoms with Gasteiger partial charge in [0.05, 0.1) is 12.2 Å². The lowest BCUT2D eigenvalue weighted by Crippen LogP contribution is -2.43. The van der Waals surface area contributed by atoms with Gasteiger partial charge in [0.2, 0.25) is 0 Å². The van der Waals surface area contributed by atoms with E-state index in [1.165, 1.54) is 0 Å². The van der Waals surface area contributed by atoms with Crippen LogP contribution in [-0.2, 0) is 14.3 Å². The fourth-order valence-corrected chi connectivity index (χ4v) is 3.59. The Morgan fingerprint density at radius 1 is 1.26 bits per heavy atom. The molecule has 3 nitrogen and oxygen atoms in total. The van der Waals surface area contributed by atoms with Crippen molar-refractivity contribution in [2.45, 2.75) is 64.4 Å². The predicted molar refractivity (Wildman–Crippen MR) is 75.2 cm³/mol. The number of hydrogen-bond acceptors (Lipinski definition) is 3. The summed E-state index contributed by atoms with van der Waals surface area (Å²) in [6.07, 6.45) is 7.06. The van der Waals surface area contributed by atoms with E-state index in [0.717, 1.165) is 58.2 Å². The average Bonchev–Trinajstić information content (AvgIpc) is 2.86. The van der Waals surface area contributed by atoms with E-state index in [9.17, 15) is 4.79 Å². The van der Waals surface area contributed by atoms with E-state index < -0.39 is 0 Å². The molecule has 3 heteroatoms. The Hall–Kier alpha value is -0.410. The molecule has 0 radical (unpaired) electrons. The summed E-state index contributed by atoms with van der Waals surface area (Å²) in [5, 5.41) is 0. The molecule has 2 fully saturated rings. The van der Waals surface area contributed by atoms with E-state index in [1.54, 1.807) is 0 Å². The van der Waals surface area contributed by atoms with Gasteiger partial charge in [-0.2, -0.15) is 0 Å². The van der Waals surface area contributed by atoms with E-state index in [0.29, 0.717) is 12.4 Å². The predicted octanol–water partition coefficient (Wildman–Crippen LogP) is 3.36. The van der Waals surface area contributed by atoms with Crippen LogP contribution in [0.2, 0.25) is 0 Å². The zero-order valence-corrected chi connectivity index (χ0v) is 12.5. The monoisotopic (exact) mass is 268 g/mol. The third-order valence-corrected chi connectivity index (χ3v) is 4.64. The van der Waals surface area contributed by atoms with E-state index in [4.69, 9.17) is 9.47 Å². The number of carbonyl (C=O) groups excluding carboxylic acids is 1. The fraction of sp³-hybridized carbons (Fsp3) is 0.938. The van der Waals surface area contributed by atoms with Crippen LogP contribution in [0.5, 0.6) is 0 Å². The molecule has 2 heterocycles. The largest absolute Gasteiger partial charge is 0.378 e. The highest BCUT2D eigenvalue weighted by Gasteiger charge is 2.43. The molecule has 0 aromatic carbocycles. The van der Waals surface area contributed by atoms with Crippen molar-refractivity contribution in [1.29, 1.82) is 0 Å². The molecule has 0 N–H and O–H groups in total. The van der Waals surface area contributed by atoms with Crippen molar-refractivity contribution in [2.24, 2.45) is 11.8 Å². The maximum absolute atomic E-state index is 12.7. The number of rotatable bonds is 6. The quantitative estimate of drug-likeness (QED) is 0.741. The molecule has 2 saturated heterocycles. The first-order chi connectivity index (χ1) is 9.21. The van der Waals surface area contributed by atoms with Gasteiger partial charge in [-0.3, -0.25) is 4.79 Å². The molecule has 110 valence electrons. The van der Waals surface area contributed by atoms with Crippen molar-refractivity contribution < 1.29 is 14.3 Å². The lowest BCUT2D eigenvalue weighted by atomic mass is 9.77. The normalized spacial score (nSPS) is 31.2. The van der Waals surface area contributed by atoms with Crippen LogP contribution >= 0.6 is 0 Å². The number of hydrogen-bond donors (Lipinski definition) is 0. The molecule has 2 aliphatic heterocycles. The highest BCUT2D eigenvalue weighted by Crippen LogP contribution is 2.37. The third kappa shape index (κ3) is 3.57. The smallest absolute Gasteiger partial charge is 0.139 e. The highest BCUT2D eigenvalue weighted by molar-refractivity contribution is 5.83. The summed E-state index contributed by atoms with van der Waals surface area (Å²) < 4.78 is 11.4. The Morgan fingerprint density at radius 3 is 2.58 bits per heavy atom. The molecule has 19 heavy (non-hydrogen) atoms. The van der Waals surface area contributed by atoms with Gasteiger partial charge in [0.25, 0.3) is 0 Å². The zero-order valence-electron chi connectivity index (χ0n) is 12.5. The molecule has 2 rings (SSSR count). The first-order valence-corrected chi connectivity index (χ1v) is 7.96. The van der Waals surface area contributed by atoms with Crippen molar-refractivity contribution in [3.63, 3.8) is 0 Å². The third-order valence-electron chi connectivity index (χ3n) is 4.64. The molecule has 0 amide bonds. The zero-order chi connectivity index (χ0) is 13.7. The van der Waals surface area contributed by atoms with Crippen LogP contribution in [-0.4, -0.2) is 31.2 Å². The number of carbonyl (C=O) groups is 1. The first kappa shape index (κ1) is 15.0. The molecule has 1 spiro atoms. The second kappa shape index (κ2) is 6.85. The van der Waals surface area contributed by atoms with Crippen LogP contribution in [0, 0.1) is 11.8 Å². The minimum Gasteiger partial charge on any atom is -0.378 e. The Bertz CT molecular complexity index is 288. The minimum atomic E-state index is -0.137. The van der Waals surface area contributed by atoms with E-state index in [2.05, 4.69) is 13.8 Å². The standard InChI is InChI=1S/C16H28O3/c1-3-5-13(6-4-2)15(17)14-7-9-19-16(11-14)8-10-18-12-16/h13-14H,3-12H2,1-2H3. The van der Waals surface area contributed by atoms with Gasteiger partial charge in [-0.1, -0.05) is 26.7 Å². The van der Waals surface area contributed by atoms with Crippen molar-refractivity contribution in [3.8, 4) is 0 Å². The summed E-state index contributed by atoms with van der Waals surface area (Å²) >= 11 is 0.